The number of sulfonamides is 1. The molecular weight excluding hydrogens is 407 g/mol. The van der Waals surface area contributed by atoms with Crippen LogP contribution in [0.1, 0.15) is 24.0 Å². The highest BCUT2D eigenvalue weighted by Gasteiger charge is 2.33. The minimum Gasteiger partial charge on any atom is -0.491 e. The molecule has 30 heavy (non-hydrogen) atoms. The van der Waals surface area contributed by atoms with Gasteiger partial charge in [-0.15, -0.1) is 0 Å². The van der Waals surface area contributed by atoms with E-state index in [2.05, 4.69) is 5.32 Å². The number of carbonyl (C=O) groups excluding carboxylic acids is 1. The Balaban J connectivity index is 1.53. The maximum Gasteiger partial charge on any atom is 0.243 e. The highest BCUT2D eigenvalue weighted by Crippen LogP contribution is 2.24. The van der Waals surface area contributed by atoms with E-state index in [0.29, 0.717) is 32.5 Å². The zero-order valence-electron chi connectivity index (χ0n) is 17.2. The van der Waals surface area contributed by atoms with Crippen molar-refractivity contribution in [2.24, 2.45) is 5.92 Å². The number of piperidine rings is 1. The lowest BCUT2D eigenvalue weighted by atomic mass is 9.99. The summed E-state index contributed by atoms with van der Waals surface area (Å²) >= 11 is 0. The Morgan fingerprint density at radius 1 is 1.20 bits per heavy atom. The van der Waals surface area contributed by atoms with Crippen LogP contribution in [0.3, 0.4) is 0 Å². The maximum atomic E-state index is 13.1. The van der Waals surface area contributed by atoms with Crippen LogP contribution in [-0.2, 0) is 14.8 Å². The average molecular weight is 435 g/mol. The second-order valence-corrected chi connectivity index (χ2v) is 9.43. The second-order valence-electron chi connectivity index (χ2n) is 7.49. The molecule has 8 heteroatoms. The van der Waals surface area contributed by atoms with Crippen LogP contribution >= 0.6 is 0 Å². The summed E-state index contributed by atoms with van der Waals surface area (Å²) in [6.45, 7) is 5.14. The monoisotopic (exact) mass is 434 g/mol. The summed E-state index contributed by atoms with van der Waals surface area (Å²) in [5, 5.41) is 2.84. The quantitative estimate of drug-likeness (QED) is 0.680. The molecule has 2 aromatic carbocycles. The van der Waals surface area contributed by atoms with Gasteiger partial charge in [-0.25, -0.2) is 12.8 Å². The third-order valence-electron chi connectivity index (χ3n) is 5.42. The first-order valence-electron chi connectivity index (χ1n) is 10.0. The summed E-state index contributed by atoms with van der Waals surface area (Å²) in [4.78, 5) is 12.6. The van der Waals surface area contributed by atoms with Gasteiger partial charge in [0.25, 0.3) is 0 Å². The predicted octanol–water partition coefficient (Wildman–Crippen LogP) is 3.04. The maximum absolute atomic E-state index is 13.1. The van der Waals surface area contributed by atoms with Crippen LogP contribution in [0.2, 0.25) is 0 Å². The summed E-state index contributed by atoms with van der Waals surface area (Å²) < 4.78 is 45.8. The Kier molecular flexibility index (Phi) is 7.10. The first-order chi connectivity index (χ1) is 14.3. The number of nitrogens with zero attached hydrogens (tertiary/aromatic N) is 1. The van der Waals surface area contributed by atoms with Crippen molar-refractivity contribution >= 4 is 15.9 Å². The van der Waals surface area contributed by atoms with Crippen LogP contribution in [0.5, 0.6) is 5.75 Å². The fourth-order valence-electron chi connectivity index (χ4n) is 3.49. The second kappa shape index (κ2) is 9.57. The number of nitrogens with one attached hydrogen (secondary N) is 1. The molecule has 0 saturated carbocycles. The number of carbonyl (C=O) groups is 1. The molecule has 1 atom stereocenters. The van der Waals surface area contributed by atoms with Crippen molar-refractivity contribution in [1.29, 1.82) is 0 Å². The Hall–Kier alpha value is -2.45. The molecule has 2 aromatic rings. The van der Waals surface area contributed by atoms with E-state index < -0.39 is 21.8 Å². The van der Waals surface area contributed by atoms with Crippen molar-refractivity contribution in [1.82, 2.24) is 9.62 Å². The lowest BCUT2D eigenvalue weighted by Gasteiger charge is -2.31. The average Bonchev–Trinajstić information content (AvgIpc) is 2.74. The molecule has 1 unspecified atom stereocenters. The Morgan fingerprint density at radius 2 is 1.93 bits per heavy atom. The van der Waals surface area contributed by atoms with Crippen molar-refractivity contribution < 1.29 is 22.3 Å². The standard InChI is InChI=1S/C22H27FN2O4S/c1-16-5-3-7-21(17(16)2)29-14-12-24-22(26)18-6-4-13-25(15-18)30(27,28)20-10-8-19(23)9-11-20/h3,5,7-11,18H,4,6,12-15H2,1-2H3,(H,24,26). The van der Waals surface area contributed by atoms with Crippen molar-refractivity contribution in [2.45, 2.75) is 31.6 Å². The van der Waals surface area contributed by atoms with Crippen LogP contribution in [0.15, 0.2) is 47.4 Å². The number of rotatable bonds is 7. The van der Waals surface area contributed by atoms with E-state index in [-0.39, 0.29) is 17.3 Å². The molecule has 1 aliphatic heterocycles. The van der Waals surface area contributed by atoms with Crippen LogP contribution < -0.4 is 10.1 Å². The van der Waals surface area contributed by atoms with Crippen molar-refractivity contribution in [3.8, 4) is 5.75 Å². The minimum absolute atomic E-state index is 0.0342. The molecule has 3 rings (SSSR count). The first kappa shape index (κ1) is 22.2. The molecule has 1 saturated heterocycles. The topological polar surface area (TPSA) is 75.7 Å². The summed E-state index contributed by atoms with van der Waals surface area (Å²) in [7, 11) is -3.75. The van der Waals surface area contributed by atoms with E-state index in [1.807, 2.05) is 32.0 Å². The summed E-state index contributed by atoms with van der Waals surface area (Å²) in [5.41, 5.74) is 2.21. The molecule has 0 aliphatic carbocycles. The van der Waals surface area contributed by atoms with E-state index in [0.717, 1.165) is 29.0 Å². The van der Waals surface area contributed by atoms with E-state index >= 15 is 0 Å². The fraction of sp³-hybridized carbons (Fsp3) is 0.409. The van der Waals surface area contributed by atoms with Gasteiger partial charge in [0, 0.05) is 13.1 Å². The normalized spacial score (nSPS) is 17.5. The SMILES string of the molecule is Cc1cccc(OCCNC(=O)C2CCCN(S(=O)(=O)c3ccc(F)cc3)C2)c1C. The van der Waals surface area contributed by atoms with Gasteiger partial charge in [-0.2, -0.15) is 4.31 Å². The number of ether oxygens (including phenoxy) is 1. The van der Waals surface area contributed by atoms with Gasteiger partial charge in [0.2, 0.25) is 15.9 Å². The summed E-state index contributed by atoms with van der Waals surface area (Å²) in [5.74, 6) is -0.306. The molecule has 1 fully saturated rings. The molecule has 0 spiro atoms. The fourth-order valence-corrected chi connectivity index (χ4v) is 5.01. The largest absolute Gasteiger partial charge is 0.491 e. The molecule has 0 radical (unpaired) electrons. The van der Waals surface area contributed by atoms with Gasteiger partial charge in [-0.1, -0.05) is 12.1 Å². The van der Waals surface area contributed by atoms with E-state index in [4.69, 9.17) is 4.74 Å². The smallest absolute Gasteiger partial charge is 0.243 e. The van der Waals surface area contributed by atoms with Gasteiger partial charge < -0.3 is 10.1 Å². The third kappa shape index (κ3) is 5.17. The molecule has 6 nitrogen and oxygen atoms in total. The Morgan fingerprint density at radius 3 is 2.67 bits per heavy atom. The molecule has 1 heterocycles. The highest BCUT2D eigenvalue weighted by atomic mass is 32.2. The third-order valence-corrected chi connectivity index (χ3v) is 7.30. The van der Waals surface area contributed by atoms with E-state index in [1.165, 1.54) is 16.4 Å². The van der Waals surface area contributed by atoms with Gasteiger partial charge in [0.05, 0.1) is 17.4 Å². The number of hydrogen-bond acceptors (Lipinski definition) is 4. The van der Waals surface area contributed by atoms with E-state index in [1.54, 1.807) is 0 Å². The molecule has 1 amide bonds. The van der Waals surface area contributed by atoms with Crippen molar-refractivity contribution in [2.75, 3.05) is 26.2 Å². The molecule has 1 N–H and O–H groups in total. The van der Waals surface area contributed by atoms with Gasteiger partial charge in [-0.05, 0) is 68.1 Å². The van der Waals surface area contributed by atoms with Crippen LogP contribution in [0, 0.1) is 25.6 Å². The molecular formula is C22H27FN2O4S. The summed E-state index contributed by atoms with van der Waals surface area (Å²) in [6, 6.07) is 10.6. The minimum atomic E-state index is -3.75. The van der Waals surface area contributed by atoms with E-state index in [9.17, 15) is 17.6 Å². The van der Waals surface area contributed by atoms with Crippen molar-refractivity contribution in [3.63, 3.8) is 0 Å². The lowest BCUT2D eigenvalue weighted by molar-refractivity contribution is -0.126. The predicted molar refractivity (Wildman–Crippen MR) is 112 cm³/mol. The zero-order valence-corrected chi connectivity index (χ0v) is 18.0. The van der Waals surface area contributed by atoms with Crippen LogP contribution in [0.25, 0.3) is 0 Å². The van der Waals surface area contributed by atoms with Crippen LogP contribution in [-0.4, -0.2) is 44.9 Å². The molecule has 1 aliphatic rings. The highest BCUT2D eigenvalue weighted by molar-refractivity contribution is 7.89. The summed E-state index contributed by atoms with van der Waals surface area (Å²) in [6.07, 6.45) is 1.22. The number of halogens is 1. The molecule has 0 aromatic heterocycles. The number of amides is 1. The Bertz CT molecular complexity index is 993. The molecule has 0 bridgehead atoms. The molecule has 162 valence electrons. The van der Waals surface area contributed by atoms with Gasteiger partial charge in [0.1, 0.15) is 18.2 Å². The van der Waals surface area contributed by atoms with Gasteiger partial charge >= 0.3 is 0 Å². The first-order valence-corrected chi connectivity index (χ1v) is 11.5. The van der Waals surface area contributed by atoms with Gasteiger partial charge in [0.15, 0.2) is 0 Å². The number of aryl methyl sites for hydroxylation is 1. The lowest BCUT2D eigenvalue weighted by Crippen LogP contribution is -2.46. The number of benzene rings is 2. The van der Waals surface area contributed by atoms with Crippen molar-refractivity contribution in [3.05, 3.63) is 59.4 Å². The Labute approximate surface area is 177 Å². The zero-order chi connectivity index (χ0) is 21.7. The van der Waals surface area contributed by atoms with Crippen LogP contribution in [0.4, 0.5) is 4.39 Å². The van der Waals surface area contributed by atoms with Gasteiger partial charge in [-0.3, -0.25) is 4.79 Å². The number of hydrogen-bond donors (Lipinski definition) is 1.